The number of benzene rings is 1. The third kappa shape index (κ3) is 3.11. The maximum Gasteiger partial charge on any atom is 0.274 e. The van der Waals surface area contributed by atoms with Crippen LogP contribution in [0, 0.1) is 5.92 Å². The number of carbonyl (C=O) groups excluding carboxylic acids is 1. The highest BCUT2D eigenvalue weighted by molar-refractivity contribution is 5.92. The van der Waals surface area contributed by atoms with Gasteiger partial charge in [0.1, 0.15) is 5.69 Å². The number of likely N-dealkylation sites (tertiary alicyclic amines) is 1. The molecule has 2 heterocycles. The lowest BCUT2D eigenvalue weighted by Gasteiger charge is -2.44. The van der Waals surface area contributed by atoms with Crippen LogP contribution in [0.15, 0.2) is 47.3 Å². The molecule has 130 valence electrons. The van der Waals surface area contributed by atoms with Gasteiger partial charge in [-0.15, -0.1) is 0 Å². The fraction of sp³-hybridized carbons (Fsp3) is 0.450. The van der Waals surface area contributed by atoms with Crippen LogP contribution in [-0.4, -0.2) is 33.2 Å². The van der Waals surface area contributed by atoms with E-state index in [1.165, 1.54) is 36.4 Å². The van der Waals surface area contributed by atoms with Crippen LogP contribution in [0.3, 0.4) is 0 Å². The number of nitrogens with zero attached hydrogens (tertiary/aromatic N) is 3. The molecule has 0 N–H and O–H groups in total. The van der Waals surface area contributed by atoms with E-state index >= 15 is 0 Å². The molecule has 0 unspecified atom stereocenters. The van der Waals surface area contributed by atoms with Gasteiger partial charge in [0.05, 0.1) is 5.69 Å². The highest BCUT2D eigenvalue weighted by atomic mass is 16.2. The normalized spacial score (nSPS) is 23.1. The Morgan fingerprint density at radius 2 is 1.72 bits per heavy atom. The van der Waals surface area contributed by atoms with E-state index in [0.717, 1.165) is 19.4 Å². The molecule has 1 saturated carbocycles. The Bertz CT molecular complexity index is 813. The lowest BCUT2D eigenvalue weighted by Crippen LogP contribution is -2.50. The Labute approximate surface area is 147 Å². The summed E-state index contributed by atoms with van der Waals surface area (Å²) in [5, 5.41) is 4.37. The minimum absolute atomic E-state index is 0.0405. The van der Waals surface area contributed by atoms with E-state index in [9.17, 15) is 9.59 Å². The Morgan fingerprint density at radius 1 is 0.960 bits per heavy atom. The Kier molecular flexibility index (Phi) is 4.38. The number of para-hydroxylation sites is 1. The van der Waals surface area contributed by atoms with Crippen molar-refractivity contribution in [1.29, 1.82) is 0 Å². The van der Waals surface area contributed by atoms with Gasteiger partial charge in [0.15, 0.2) is 0 Å². The molecule has 1 aromatic heterocycles. The molecule has 2 aromatic rings. The van der Waals surface area contributed by atoms with Gasteiger partial charge in [0.25, 0.3) is 11.5 Å². The van der Waals surface area contributed by atoms with Crippen molar-refractivity contribution in [3.63, 3.8) is 0 Å². The molecule has 5 heteroatoms. The van der Waals surface area contributed by atoms with Gasteiger partial charge >= 0.3 is 0 Å². The van der Waals surface area contributed by atoms with Crippen molar-refractivity contribution in [2.24, 2.45) is 5.92 Å². The van der Waals surface area contributed by atoms with Gasteiger partial charge in [-0.2, -0.15) is 9.78 Å². The molecule has 5 nitrogen and oxygen atoms in total. The molecule has 1 amide bonds. The highest BCUT2D eigenvalue weighted by Gasteiger charge is 2.36. The maximum atomic E-state index is 13.1. The molecule has 0 bridgehead atoms. The predicted molar refractivity (Wildman–Crippen MR) is 95.9 cm³/mol. The SMILES string of the molecule is O=C(c1ccc(=O)n(-c2ccccc2)n1)N1CCC[C@H]2CCCC[C@H]21. The summed E-state index contributed by atoms with van der Waals surface area (Å²) in [6.07, 6.45) is 7.08. The maximum absolute atomic E-state index is 13.1. The number of piperidine rings is 1. The van der Waals surface area contributed by atoms with Crippen molar-refractivity contribution in [1.82, 2.24) is 14.7 Å². The molecule has 2 aliphatic rings. The van der Waals surface area contributed by atoms with Gasteiger partial charge in [-0.05, 0) is 49.8 Å². The van der Waals surface area contributed by atoms with E-state index in [-0.39, 0.29) is 11.5 Å². The van der Waals surface area contributed by atoms with Crippen molar-refractivity contribution in [2.45, 2.75) is 44.6 Å². The minimum Gasteiger partial charge on any atom is -0.334 e. The van der Waals surface area contributed by atoms with Gasteiger partial charge < -0.3 is 4.90 Å². The van der Waals surface area contributed by atoms with Crippen LogP contribution in [0.2, 0.25) is 0 Å². The number of fused-ring (bicyclic) bond motifs is 1. The zero-order valence-corrected chi connectivity index (χ0v) is 14.3. The highest BCUT2D eigenvalue weighted by Crippen LogP contribution is 2.35. The van der Waals surface area contributed by atoms with E-state index in [4.69, 9.17) is 0 Å². The van der Waals surface area contributed by atoms with Gasteiger partial charge in [0.2, 0.25) is 0 Å². The summed E-state index contributed by atoms with van der Waals surface area (Å²) in [4.78, 5) is 27.3. The molecular formula is C20H23N3O2. The largest absolute Gasteiger partial charge is 0.334 e. The van der Waals surface area contributed by atoms with E-state index in [1.54, 1.807) is 6.07 Å². The zero-order chi connectivity index (χ0) is 17.2. The number of carbonyl (C=O) groups is 1. The van der Waals surface area contributed by atoms with Crippen molar-refractivity contribution in [2.75, 3.05) is 6.54 Å². The number of rotatable bonds is 2. The Morgan fingerprint density at radius 3 is 2.56 bits per heavy atom. The summed E-state index contributed by atoms with van der Waals surface area (Å²) in [5.74, 6) is 0.591. The fourth-order valence-electron chi connectivity index (χ4n) is 4.30. The van der Waals surface area contributed by atoms with E-state index in [1.807, 2.05) is 35.2 Å². The molecule has 1 aliphatic heterocycles. The monoisotopic (exact) mass is 337 g/mol. The van der Waals surface area contributed by atoms with E-state index in [2.05, 4.69) is 5.10 Å². The summed E-state index contributed by atoms with van der Waals surface area (Å²) < 4.78 is 1.32. The van der Waals surface area contributed by atoms with Crippen molar-refractivity contribution < 1.29 is 4.79 Å². The van der Waals surface area contributed by atoms with Crippen molar-refractivity contribution in [3.05, 3.63) is 58.5 Å². The number of aromatic nitrogens is 2. The summed E-state index contributed by atoms with van der Waals surface area (Å²) in [6, 6.07) is 12.6. The summed E-state index contributed by atoms with van der Waals surface area (Å²) >= 11 is 0. The zero-order valence-electron chi connectivity index (χ0n) is 14.3. The molecule has 2 fully saturated rings. The van der Waals surface area contributed by atoms with Gasteiger partial charge in [-0.25, -0.2) is 0 Å². The molecule has 1 saturated heterocycles. The van der Waals surface area contributed by atoms with Gasteiger partial charge in [-0.3, -0.25) is 9.59 Å². The van der Waals surface area contributed by atoms with Crippen LogP contribution in [0.25, 0.3) is 5.69 Å². The second kappa shape index (κ2) is 6.82. The molecule has 25 heavy (non-hydrogen) atoms. The quantitative estimate of drug-likeness (QED) is 0.846. The molecule has 0 radical (unpaired) electrons. The first kappa shape index (κ1) is 16.1. The molecule has 2 atom stereocenters. The molecule has 1 aromatic carbocycles. The summed E-state index contributed by atoms with van der Waals surface area (Å²) in [6.45, 7) is 0.798. The first-order valence-electron chi connectivity index (χ1n) is 9.21. The van der Waals surface area contributed by atoms with Crippen LogP contribution >= 0.6 is 0 Å². The Hall–Kier alpha value is -2.43. The lowest BCUT2D eigenvalue weighted by molar-refractivity contribution is 0.0383. The molecule has 4 rings (SSSR count). The minimum atomic E-state index is -0.225. The van der Waals surface area contributed by atoms with Crippen LogP contribution in [0.5, 0.6) is 0 Å². The van der Waals surface area contributed by atoms with Gasteiger partial charge in [-0.1, -0.05) is 31.0 Å². The van der Waals surface area contributed by atoms with Gasteiger partial charge in [0, 0.05) is 18.7 Å². The van der Waals surface area contributed by atoms with Crippen LogP contribution in [0.1, 0.15) is 49.0 Å². The van der Waals surface area contributed by atoms with Crippen molar-refractivity contribution in [3.8, 4) is 5.69 Å². The molecule has 0 spiro atoms. The van der Waals surface area contributed by atoms with E-state index < -0.39 is 0 Å². The fourth-order valence-corrected chi connectivity index (χ4v) is 4.30. The second-order valence-electron chi connectivity index (χ2n) is 7.06. The Balaban J connectivity index is 1.65. The number of hydrogen-bond donors (Lipinski definition) is 0. The number of hydrogen-bond acceptors (Lipinski definition) is 3. The molecular weight excluding hydrogens is 314 g/mol. The second-order valence-corrected chi connectivity index (χ2v) is 7.06. The standard InChI is InChI=1S/C20H23N3O2/c24-19-13-12-17(21-23(19)16-9-2-1-3-10-16)20(25)22-14-6-8-15-7-4-5-11-18(15)22/h1-3,9-10,12-13,15,18H,4-8,11,14H2/t15-,18-/m1/s1. The van der Waals surface area contributed by atoms with E-state index in [0.29, 0.717) is 23.3 Å². The topological polar surface area (TPSA) is 55.2 Å². The third-order valence-electron chi connectivity index (χ3n) is 5.52. The molecule has 1 aliphatic carbocycles. The average Bonchev–Trinajstić information content (AvgIpc) is 2.68. The smallest absolute Gasteiger partial charge is 0.274 e. The first-order valence-corrected chi connectivity index (χ1v) is 9.21. The third-order valence-corrected chi connectivity index (χ3v) is 5.52. The van der Waals surface area contributed by atoms with Crippen molar-refractivity contribution >= 4 is 5.91 Å². The average molecular weight is 337 g/mol. The van der Waals surface area contributed by atoms with Crippen LogP contribution < -0.4 is 5.56 Å². The summed E-state index contributed by atoms with van der Waals surface area (Å²) in [7, 11) is 0. The first-order chi connectivity index (χ1) is 12.2. The lowest BCUT2D eigenvalue weighted by atomic mass is 9.78. The number of amides is 1. The predicted octanol–water partition coefficient (Wildman–Crippen LogP) is 3.03. The van der Waals surface area contributed by atoms with Crippen LogP contribution in [0.4, 0.5) is 0 Å². The summed E-state index contributed by atoms with van der Waals surface area (Å²) in [5.41, 5.74) is 0.808. The van der Waals surface area contributed by atoms with Crippen LogP contribution in [-0.2, 0) is 0 Å².